The molecule has 19 heavy (non-hydrogen) atoms. The van der Waals surface area contributed by atoms with E-state index in [-0.39, 0.29) is 29.4 Å². The number of benzene rings is 1. The van der Waals surface area contributed by atoms with Gasteiger partial charge in [0.15, 0.2) is 0 Å². The van der Waals surface area contributed by atoms with Gasteiger partial charge < -0.3 is 21.5 Å². The highest BCUT2D eigenvalue weighted by Gasteiger charge is 2.13. The number of carboxylic acid groups (broad SMARTS) is 1. The molecule has 1 aromatic carbocycles. The van der Waals surface area contributed by atoms with Gasteiger partial charge >= 0.3 is 5.97 Å². The highest BCUT2D eigenvalue weighted by atomic mass is 19.1. The van der Waals surface area contributed by atoms with Crippen LogP contribution in [-0.2, 0) is 4.79 Å². The lowest BCUT2D eigenvalue weighted by atomic mass is 10.1. The fraction of sp³-hybridized carbons (Fsp3) is 0.333. The Morgan fingerprint density at radius 1 is 1.42 bits per heavy atom. The molecule has 0 aromatic heterocycles. The molecule has 104 valence electrons. The molecule has 0 saturated carbocycles. The van der Waals surface area contributed by atoms with Crippen LogP contribution in [0.4, 0.5) is 15.8 Å². The van der Waals surface area contributed by atoms with E-state index in [0.29, 0.717) is 6.54 Å². The molecule has 0 heterocycles. The van der Waals surface area contributed by atoms with Crippen LogP contribution < -0.4 is 16.4 Å². The number of aromatic carboxylic acids is 1. The molecule has 5 N–H and O–H groups in total. The van der Waals surface area contributed by atoms with E-state index in [0.717, 1.165) is 18.6 Å². The molecule has 0 aliphatic rings. The minimum Gasteiger partial charge on any atom is -0.478 e. The second-order valence-corrected chi connectivity index (χ2v) is 3.93. The lowest BCUT2D eigenvalue weighted by molar-refractivity contribution is -0.119. The maximum absolute atomic E-state index is 13.5. The molecular weight excluding hydrogens is 253 g/mol. The maximum atomic E-state index is 13.5. The Morgan fingerprint density at radius 3 is 2.68 bits per heavy atom. The van der Waals surface area contributed by atoms with E-state index < -0.39 is 11.8 Å². The van der Waals surface area contributed by atoms with Gasteiger partial charge in [-0.05, 0) is 18.6 Å². The van der Waals surface area contributed by atoms with Crippen molar-refractivity contribution in [1.29, 1.82) is 0 Å². The minimum atomic E-state index is -1.25. The van der Waals surface area contributed by atoms with Crippen molar-refractivity contribution in [2.75, 3.05) is 24.1 Å². The monoisotopic (exact) mass is 269 g/mol. The van der Waals surface area contributed by atoms with Gasteiger partial charge in [-0.1, -0.05) is 6.92 Å². The zero-order chi connectivity index (χ0) is 14.4. The van der Waals surface area contributed by atoms with Crippen LogP contribution in [0.15, 0.2) is 12.1 Å². The number of anilines is 2. The number of nitrogen functional groups attached to an aromatic ring is 1. The standard InChI is InChI=1S/C12H16FN3O3/c1-2-3-15-11(17)6-16-10-4-7(12(18)19)9(14)5-8(10)13/h4-5,16H,2-3,6,14H2,1H3,(H,15,17)(H,18,19). The van der Waals surface area contributed by atoms with Gasteiger partial charge in [0, 0.05) is 12.2 Å². The molecule has 7 heteroatoms. The number of carbonyl (C=O) groups is 2. The molecule has 6 nitrogen and oxygen atoms in total. The third kappa shape index (κ3) is 4.13. The summed E-state index contributed by atoms with van der Waals surface area (Å²) in [5.74, 6) is -2.25. The van der Waals surface area contributed by atoms with Crippen molar-refractivity contribution in [3.63, 3.8) is 0 Å². The third-order valence-corrected chi connectivity index (χ3v) is 2.38. The first-order valence-electron chi connectivity index (χ1n) is 5.78. The van der Waals surface area contributed by atoms with E-state index >= 15 is 0 Å². The minimum absolute atomic E-state index is 0.0711. The maximum Gasteiger partial charge on any atom is 0.337 e. The second-order valence-electron chi connectivity index (χ2n) is 3.93. The smallest absolute Gasteiger partial charge is 0.337 e. The van der Waals surface area contributed by atoms with Crippen molar-refractivity contribution in [2.45, 2.75) is 13.3 Å². The van der Waals surface area contributed by atoms with Gasteiger partial charge in [0.25, 0.3) is 0 Å². The zero-order valence-electron chi connectivity index (χ0n) is 10.5. The number of carbonyl (C=O) groups excluding carboxylic acids is 1. The zero-order valence-corrected chi connectivity index (χ0v) is 10.5. The number of nitrogens with two attached hydrogens (primary N) is 1. The van der Waals surface area contributed by atoms with Crippen LogP contribution in [0.3, 0.4) is 0 Å². The van der Waals surface area contributed by atoms with Gasteiger partial charge in [-0.3, -0.25) is 4.79 Å². The fourth-order valence-corrected chi connectivity index (χ4v) is 1.41. The largest absolute Gasteiger partial charge is 0.478 e. The molecule has 0 bridgehead atoms. The van der Waals surface area contributed by atoms with Crippen LogP contribution in [0.5, 0.6) is 0 Å². The van der Waals surface area contributed by atoms with Crippen LogP contribution in [-0.4, -0.2) is 30.1 Å². The molecular formula is C12H16FN3O3. The summed E-state index contributed by atoms with van der Waals surface area (Å²) in [4.78, 5) is 22.2. The molecule has 0 atom stereocenters. The Labute approximate surface area is 109 Å². The van der Waals surface area contributed by atoms with Crippen molar-refractivity contribution >= 4 is 23.3 Å². The van der Waals surface area contributed by atoms with E-state index in [1.54, 1.807) is 0 Å². The Hall–Kier alpha value is -2.31. The first-order valence-corrected chi connectivity index (χ1v) is 5.78. The van der Waals surface area contributed by atoms with Crippen LogP contribution in [0, 0.1) is 5.82 Å². The van der Waals surface area contributed by atoms with Gasteiger partial charge in [-0.25, -0.2) is 9.18 Å². The highest BCUT2D eigenvalue weighted by molar-refractivity contribution is 5.95. The van der Waals surface area contributed by atoms with Crippen molar-refractivity contribution in [2.24, 2.45) is 0 Å². The summed E-state index contributed by atoms with van der Waals surface area (Å²) in [6.07, 6.45) is 0.797. The fourth-order valence-electron chi connectivity index (χ4n) is 1.41. The predicted octanol–water partition coefficient (Wildman–Crippen LogP) is 1.04. The van der Waals surface area contributed by atoms with Crippen LogP contribution in [0.1, 0.15) is 23.7 Å². The summed E-state index contributed by atoms with van der Waals surface area (Å²) < 4.78 is 13.5. The average Bonchev–Trinajstić information content (AvgIpc) is 2.34. The summed E-state index contributed by atoms with van der Waals surface area (Å²) in [6.45, 7) is 2.30. The Morgan fingerprint density at radius 2 is 2.11 bits per heavy atom. The van der Waals surface area contributed by atoms with Crippen molar-refractivity contribution in [3.8, 4) is 0 Å². The number of hydrogen-bond acceptors (Lipinski definition) is 4. The van der Waals surface area contributed by atoms with Gasteiger partial charge in [-0.15, -0.1) is 0 Å². The summed E-state index contributed by atoms with van der Waals surface area (Å²) in [5.41, 5.74) is 4.94. The second kappa shape index (κ2) is 6.58. The summed E-state index contributed by atoms with van der Waals surface area (Å²) in [7, 11) is 0. The molecule has 0 radical (unpaired) electrons. The van der Waals surface area contributed by atoms with Crippen molar-refractivity contribution in [1.82, 2.24) is 5.32 Å². The summed E-state index contributed by atoms with van der Waals surface area (Å²) in [5, 5.41) is 14.0. The summed E-state index contributed by atoms with van der Waals surface area (Å²) in [6, 6.07) is 1.98. The highest BCUT2D eigenvalue weighted by Crippen LogP contribution is 2.22. The predicted molar refractivity (Wildman–Crippen MR) is 69.6 cm³/mol. The van der Waals surface area contributed by atoms with Gasteiger partial charge in [0.1, 0.15) is 5.82 Å². The van der Waals surface area contributed by atoms with Gasteiger partial charge in [0.2, 0.25) is 5.91 Å². The van der Waals surface area contributed by atoms with E-state index in [4.69, 9.17) is 10.8 Å². The average molecular weight is 269 g/mol. The quantitative estimate of drug-likeness (QED) is 0.578. The first-order chi connectivity index (χ1) is 8.95. The Bertz CT molecular complexity index is 491. The molecule has 0 fully saturated rings. The number of halogens is 1. The SMILES string of the molecule is CCCNC(=O)CNc1cc(C(=O)O)c(N)cc1F. The number of nitrogens with one attached hydrogen (secondary N) is 2. The number of hydrogen-bond donors (Lipinski definition) is 4. The lowest BCUT2D eigenvalue weighted by Gasteiger charge is -2.10. The Balaban J connectivity index is 2.75. The Kier molecular flexibility index (Phi) is 5.11. The molecule has 0 aliphatic heterocycles. The van der Waals surface area contributed by atoms with E-state index in [2.05, 4.69) is 10.6 Å². The molecule has 0 unspecified atom stereocenters. The summed E-state index contributed by atoms with van der Waals surface area (Å²) >= 11 is 0. The molecule has 1 aromatic rings. The van der Waals surface area contributed by atoms with Gasteiger partial charge in [0.05, 0.1) is 17.8 Å². The number of rotatable bonds is 6. The van der Waals surface area contributed by atoms with Crippen LogP contribution in [0.25, 0.3) is 0 Å². The molecule has 0 aliphatic carbocycles. The topological polar surface area (TPSA) is 104 Å². The number of amides is 1. The van der Waals surface area contributed by atoms with Crippen molar-refractivity contribution < 1.29 is 19.1 Å². The van der Waals surface area contributed by atoms with Crippen LogP contribution in [0.2, 0.25) is 0 Å². The first kappa shape index (κ1) is 14.7. The van der Waals surface area contributed by atoms with Crippen LogP contribution >= 0.6 is 0 Å². The molecule has 1 rings (SSSR count). The lowest BCUT2D eigenvalue weighted by Crippen LogP contribution is -2.30. The molecule has 0 saturated heterocycles. The van der Waals surface area contributed by atoms with Gasteiger partial charge in [-0.2, -0.15) is 0 Å². The normalized spacial score (nSPS) is 10.0. The third-order valence-electron chi connectivity index (χ3n) is 2.38. The molecule has 1 amide bonds. The van der Waals surface area contributed by atoms with E-state index in [1.165, 1.54) is 0 Å². The molecule has 0 spiro atoms. The van der Waals surface area contributed by atoms with E-state index in [9.17, 15) is 14.0 Å². The van der Waals surface area contributed by atoms with Crippen molar-refractivity contribution in [3.05, 3.63) is 23.5 Å². The number of carboxylic acids is 1. The van der Waals surface area contributed by atoms with E-state index in [1.807, 2.05) is 6.92 Å².